The van der Waals surface area contributed by atoms with Gasteiger partial charge in [0.1, 0.15) is 5.54 Å². The Morgan fingerprint density at radius 1 is 1.16 bits per heavy atom. The van der Waals surface area contributed by atoms with Crippen LogP contribution in [0.3, 0.4) is 0 Å². The molecule has 32 heavy (non-hydrogen) atoms. The Labute approximate surface area is 189 Å². The molecule has 0 unspecified atom stereocenters. The van der Waals surface area contributed by atoms with E-state index in [2.05, 4.69) is 16.1 Å². The van der Waals surface area contributed by atoms with Crippen molar-refractivity contribution in [2.75, 3.05) is 32.8 Å². The molecule has 10 nitrogen and oxygen atoms in total. The number of hydrazine groups is 1. The molecule has 3 aliphatic rings. The van der Waals surface area contributed by atoms with Crippen LogP contribution >= 0.6 is 0 Å². The van der Waals surface area contributed by atoms with Crippen molar-refractivity contribution in [3.05, 3.63) is 0 Å². The molecule has 2 heterocycles. The van der Waals surface area contributed by atoms with Crippen LogP contribution in [0, 0.1) is 5.92 Å². The second-order valence-corrected chi connectivity index (χ2v) is 9.36. The summed E-state index contributed by atoms with van der Waals surface area (Å²) in [6.07, 6.45) is 6.39. The molecule has 10 heteroatoms. The van der Waals surface area contributed by atoms with E-state index in [-0.39, 0.29) is 30.4 Å². The fourth-order valence-corrected chi connectivity index (χ4v) is 4.68. The lowest BCUT2D eigenvalue weighted by Crippen LogP contribution is -2.53. The number of imide groups is 1. The van der Waals surface area contributed by atoms with Gasteiger partial charge in [-0.25, -0.2) is 4.79 Å². The number of nitrogens with zero attached hydrogens (tertiary/aromatic N) is 2. The third-order valence-corrected chi connectivity index (χ3v) is 6.50. The minimum absolute atomic E-state index is 0.0516. The van der Waals surface area contributed by atoms with Gasteiger partial charge in [-0.3, -0.25) is 24.7 Å². The number of amides is 5. The summed E-state index contributed by atoms with van der Waals surface area (Å²) in [4.78, 5) is 51.8. The minimum Gasteiger partial charge on any atom is -0.379 e. The van der Waals surface area contributed by atoms with Crippen LogP contribution in [0.25, 0.3) is 0 Å². The molecule has 1 aliphatic carbocycles. The molecule has 180 valence electrons. The number of ether oxygens (including phenoxy) is 1. The zero-order valence-corrected chi connectivity index (χ0v) is 19.3. The summed E-state index contributed by atoms with van der Waals surface area (Å²) in [5, 5.41) is 6.59. The van der Waals surface area contributed by atoms with E-state index in [4.69, 9.17) is 4.74 Å². The van der Waals surface area contributed by atoms with E-state index in [0.717, 1.165) is 30.7 Å². The van der Waals surface area contributed by atoms with Crippen molar-refractivity contribution < 1.29 is 23.9 Å². The highest BCUT2D eigenvalue weighted by Crippen LogP contribution is 2.33. The molecule has 0 aromatic heterocycles. The molecular formula is C22H37N5O5. The molecule has 0 atom stereocenters. The van der Waals surface area contributed by atoms with Crippen molar-refractivity contribution in [1.82, 2.24) is 26.0 Å². The van der Waals surface area contributed by atoms with E-state index >= 15 is 0 Å². The Bertz CT molecular complexity index is 699. The first kappa shape index (κ1) is 24.4. The van der Waals surface area contributed by atoms with Gasteiger partial charge in [0.25, 0.3) is 11.8 Å². The van der Waals surface area contributed by atoms with Crippen LogP contribution in [-0.4, -0.2) is 78.1 Å². The van der Waals surface area contributed by atoms with Crippen molar-refractivity contribution in [2.45, 2.75) is 76.9 Å². The predicted octanol–water partition coefficient (Wildman–Crippen LogP) is 0.916. The minimum atomic E-state index is -0.852. The molecular weight excluding hydrogens is 414 g/mol. The average Bonchev–Trinajstić information content (AvgIpc) is 2.98. The Balaban J connectivity index is 1.36. The summed E-state index contributed by atoms with van der Waals surface area (Å²) in [6.45, 7) is 6.52. The van der Waals surface area contributed by atoms with Gasteiger partial charge in [0, 0.05) is 19.1 Å². The van der Waals surface area contributed by atoms with Crippen molar-refractivity contribution in [3.8, 4) is 0 Å². The normalized spacial score (nSPS) is 21.8. The number of likely N-dealkylation sites (tertiary alicyclic amines) is 1. The molecule has 2 aliphatic heterocycles. The molecule has 3 rings (SSSR count). The third kappa shape index (κ3) is 6.19. The highest BCUT2D eigenvalue weighted by Gasteiger charge is 2.52. The third-order valence-electron chi connectivity index (χ3n) is 6.50. The summed E-state index contributed by atoms with van der Waals surface area (Å²) in [5.74, 6) is -0.757. The first-order valence-corrected chi connectivity index (χ1v) is 11.9. The standard InChI is InChI=1S/C22H37N5O5/c1-16(2)32-14-6-11-23-19(29)17-7-12-26(13-8-17)15-18(28)25-27-20(30)22(24-21(27)31)9-4-3-5-10-22/h16-17H,3-15H2,1-2H3,(H,23,29)(H,24,31)(H,25,28). The molecule has 1 spiro atoms. The topological polar surface area (TPSA) is 120 Å². The molecule has 0 aromatic rings. The maximum Gasteiger partial charge on any atom is 0.344 e. The van der Waals surface area contributed by atoms with Crippen molar-refractivity contribution >= 4 is 23.8 Å². The summed E-state index contributed by atoms with van der Waals surface area (Å²) >= 11 is 0. The lowest BCUT2D eigenvalue weighted by Gasteiger charge is -2.31. The smallest absolute Gasteiger partial charge is 0.344 e. The van der Waals surface area contributed by atoms with Gasteiger partial charge in [-0.05, 0) is 59.0 Å². The first-order valence-electron chi connectivity index (χ1n) is 11.9. The fraction of sp³-hybridized carbons (Fsp3) is 0.818. The zero-order valence-electron chi connectivity index (χ0n) is 19.3. The van der Waals surface area contributed by atoms with Crippen LogP contribution in [0.2, 0.25) is 0 Å². The van der Waals surface area contributed by atoms with Crippen LogP contribution in [0.1, 0.15) is 65.2 Å². The maximum absolute atomic E-state index is 12.8. The Kier molecular flexibility index (Phi) is 8.47. The quantitative estimate of drug-likeness (QED) is 0.354. The van der Waals surface area contributed by atoms with E-state index < -0.39 is 17.5 Å². The van der Waals surface area contributed by atoms with E-state index in [1.165, 1.54) is 0 Å². The largest absolute Gasteiger partial charge is 0.379 e. The average molecular weight is 452 g/mol. The molecule has 5 amide bonds. The van der Waals surface area contributed by atoms with E-state index in [0.29, 0.717) is 51.9 Å². The lowest BCUT2D eigenvalue weighted by molar-refractivity contribution is -0.140. The number of carbonyl (C=O) groups is 4. The summed E-state index contributed by atoms with van der Waals surface area (Å²) < 4.78 is 5.47. The monoisotopic (exact) mass is 451 g/mol. The number of hydrogen-bond acceptors (Lipinski definition) is 6. The predicted molar refractivity (Wildman–Crippen MR) is 117 cm³/mol. The Morgan fingerprint density at radius 2 is 1.84 bits per heavy atom. The van der Waals surface area contributed by atoms with Gasteiger partial charge in [-0.15, -0.1) is 0 Å². The van der Waals surface area contributed by atoms with Crippen molar-refractivity contribution in [3.63, 3.8) is 0 Å². The Morgan fingerprint density at radius 3 is 2.50 bits per heavy atom. The Hall–Kier alpha value is -2.20. The number of carbonyl (C=O) groups excluding carboxylic acids is 4. The van der Waals surface area contributed by atoms with Gasteiger partial charge in [-0.1, -0.05) is 19.3 Å². The SMILES string of the molecule is CC(C)OCCCNC(=O)C1CCN(CC(=O)NN2C(=O)NC3(CCCCC3)C2=O)CC1. The highest BCUT2D eigenvalue weighted by atomic mass is 16.5. The van der Waals surface area contributed by atoms with Gasteiger partial charge in [-0.2, -0.15) is 5.01 Å². The van der Waals surface area contributed by atoms with Crippen molar-refractivity contribution in [2.24, 2.45) is 5.92 Å². The molecule has 1 saturated carbocycles. The van der Waals surface area contributed by atoms with Gasteiger partial charge < -0.3 is 15.4 Å². The second kappa shape index (κ2) is 11.1. The molecule has 0 bridgehead atoms. The zero-order chi connectivity index (χ0) is 23.1. The highest BCUT2D eigenvalue weighted by molar-refractivity contribution is 6.08. The van der Waals surface area contributed by atoms with Crippen LogP contribution < -0.4 is 16.1 Å². The summed E-state index contributed by atoms with van der Waals surface area (Å²) in [5.41, 5.74) is 1.63. The summed E-state index contributed by atoms with van der Waals surface area (Å²) in [6, 6.07) is -0.556. The molecule has 3 N–H and O–H groups in total. The van der Waals surface area contributed by atoms with Crippen LogP contribution in [0.5, 0.6) is 0 Å². The van der Waals surface area contributed by atoms with Crippen LogP contribution in [-0.2, 0) is 19.1 Å². The van der Waals surface area contributed by atoms with Gasteiger partial charge in [0.2, 0.25) is 5.91 Å². The number of urea groups is 1. The fourth-order valence-electron chi connectivity index (χ4n) is 4.68. The van der Waals surface area contributed by atoms with E-state index in [9.17, 15) is 19.2 Å². The van der Waals surface area contributed by atoms with Crippen LogP contribution in [0.4, 0.5) is 4.79 Å². The number of nitrogens with one attached hydrogen (secondary N) is 3. The maximum atomic E-state index is 12.8. The molecule has 0 aromatic carbocycles. The molecule has 3 fully saturated rings. The molecule has 0 radical (unpaired) electrons. The summed E-state index contributed by atoms with van der Waals surface area (Å²) in [7, 11) is 0. The second-order valence-electron chi connectivity index (χ2n) is 9.36. The number of piperidine rings is 1. The van der Waals surface area contributed by atoms with Gasteiger partial charge >= 0.3 is 6.03 Å². The number of rotatable bonds is 9. The number of hydrogen-bond donors (Lipinski definition) is 3. The van der Waals surface area contributed by atoms with Gasteiger partial charge in [0.05, 0.1) is 12.6 Å². The van der Waals surface area contributed by atoms with Crippen molar-refractivity contribution in [1.29, 1.82) is 0 Å². The van der Waals surface area contributed by atoms with E-state index in [1.807, 2.05) is 18.7 Å². The first-order chi connectivity index (χ1) is 15.3. The van der Waals surface area contributed by atoms with Crippen LogP contribution in [0.15, 0.2) is 0 Å². The van der Waals surface area contributed by atoms with E-state index in [1.54, 1.807) is 0 Å². The molecule has 2 saturated heterocycles. The lowest BCUT2D eigenvalue weighted by atomic mass is 9.82. The van der Waals surface area contributed by atoms with Gasteiger partial charge in [0.15, 0.2) is 0 Å².